The smallest absolute Gasteiger partial charge is 0.00261 e. The molecule has 11 aromatic carbocycles. The van der Waals surface area contributed by atoms with Gasteiger partial charge in [-0.05, 0) is 121 Å². The van der Waals surface area contributed by atoms with Crippen LogP contribution in [0.2, 0.25) is 0 Å². The Morgan fingerprint density at radius 1 is 0.185 bits per heavy atom. The van der Waals surface area contributed by atoms with E-state index in [1.807, 2.05) is 0 Å². The molecular formula is C54H34. The van der Waals surface area contributed by atoms with E-state index in [9.17, 15) is 0 Å². The van der Waals surface area contributed by atoms with Crippen molar-refractivity contribution in [1.82, 2.24) is 0 Å². The lowest BCUT2D eigenvalue weighted by molar-refractivity contribution is 1.63. The van der Waals surface area contributed by atoms with E-state index in [4.69, 9.17) is 0 Å². The Kier molecular flexibility index (Phi) is 6.97. The van der Waals surface area contributed by atoms with Crippen LogP contribution in [0.25, 0.3) is 109 Å². The van der Waals surface area contributed by atoms with Crippen LogP contribution in [0, 0.1) is 0 Å². The molecule has 54 heavy (non-hydrogen) atoms. The second kappa shape index (κ2) is 12.3. The van der Waals surface area contributed by atoms with Gasteiger partial charge in [0.25, 0.3) is 0 Å². The van der Waals surface area contributed by atoms with Gasteiger partial charge < -0.3 is 0 Å². The number of hydrogen-bond acceptors (Lipinski definition) is 0. The van der Waals surface area contributed by atoms with E-state index in [2.05, 4.69) is 206 Å². The summed E-state index contributed by atoms with van der Waals surface area (Å²) in [6.45, 7) is 0. The molecule has 0 radical (unpaired) electrons. The normalized spacial score (nSPS) is 11.7. The highest BCUT2D eigenvalue weighted by atomic mass is 14.2. The molecule has 0 fully saturated rings. The molecule has 0 aliphatic carbocycles. The Hall–Kier alpha value is -7.02. The van der Waals surface area contributed by atoms with Gasteiger partial charge in [-0.15, -0.1) is 0 Å². The van der Waals surface area contributed by atoms with Gasteiger partial charge in [0.15, 0.2) is 0 Å². The van der Waals surface area contributed by atoms with Crippen LogP contribution < -0.4 is 0 Å². The summed E-state index contributed by atoms with van der Waals surface area (Å²) in [5, 5.41) is 15.2. The first kappa shape index (κ1) is 30.6. The first-order chi connectivity index (χ1) is 26.8. The second-order valence-corrected chi connectivity index (χ2v) is 14.4. The highest BCUT2D eigenvalue weighted by Crippen LogP contribution is 2.46. The second-order valence-electron chi connectivity index (χ2n) is 14.4. The summed E-state index contributed by atoms with van der Waals surface area (Å²) in [6.07, 6.45) is 0. The van der Waals surface area contributed by atoms with Gasteiger partial charge in [-0.3, -0.25) is 0 Å². The van der Waals surface area contributed by atoms with Crippen molar-refractivity contribution in [2.24, 2.45) is 0 Å². The molecule has 0 saturated carbocycles. The van der Waals surface area contributed by atoms with Crippen LogP contribution in [0.3, 0.4) is 0 Å². The summed E-state index contributed by atoms with van der Waals surface area (Å²) in [5.74, 6) is 0. The lowest BCUT2D eigenvalue weighted by Gasteiger charge is -2.19. The largest absolute Gasteiger partial charge is 0.0616 e. The topological polar surface area (TPSA) is 0 Å². The Morgan fingerprint density at radius 2 is 0.611 bits per heavy atom. The number of hydrogen-bond donors (Lipinski definition) is 0. The third-order valence-electron chi connectivity index (χ3n) is 11.4. The molecule has 11 rings (SSSR count). The highest BCUT2D eigenvalue weighted by molar-refractivity contribution is 6.23. The van der Waals surface area contributed by atoms with Gasteiger partial charge >= 0.3 is 0 Å². The van der Waals surface area contributed by atoms with Crippen molar-refractivity contribution < 1.29 is 0 Å². The first-order valence-corrected chi connectivity index (χ1v) is 18.8. The quantitative estimate of drug-likeness (QED) is 0.128. The summed E-state index contributed by atoms with van der Waals surface area (Å²) < 4.78 is 0. The Bertz CT molecular complexity index is 3190. The molecule has 0 spiro atoms. The van der Waals surface area contributed by atoms with Gasteiger partial charge in [0.05, 0.1) is 0 Å². The van der Waals surface area contributed by atoms with Crippen molar-refractivity contribution in [3.63, 3.8) is 0 Å². The van der Waals surface area contributed by atoms with Gasteiger partial charge in [0.2, 0.25) is 0 Å². The van der Waals surface area contributed by atoms with Crippen LogP contribution in [0.15, 0.2) is 206 Å². The number of rotatable bonds is 4. The molecule has 0 amide bonds. The predicted molar refractivity (Wildman–Crippen MR) is 233 cm³/mol. The van der Waals surface area contributed by atoms with E-state index in [-0.39, 0.29) is 0 Å². The third kappa shape index (κ3) is 4.78. The lowest BCUT2D eigenvalue weighted by atomic mass is 9.84. The van der Waals surface area contributed by atoms with Crippen molar-refractivity contribution >= 4 is 64.6 Å². The molecular weight excluding hydrogens is 649 g/mol. The van der Waals surface area contributed by atoms with Gasteiger partial charge in [0.1, 0.15) is 0 Å². The zero-order valence-electron chi connectivity index (χ0n) is 29.6. The molecule has 250 valence electrons. The van der Waals surface area contributed by atoms with Crippen LogP contribution in [-0.4, -0.2) is 0 Å². The Balaban J connectivity index is 1.11. The molecule has 0 aliphatic heterocycles. The molecule has 0 atom stereocenters. The molecule has 0 saturated heterocycles. The van der Waals surface area contributed by atoms with E-state index >= 15 is 0 Å². The first-order valence-electron chi connectivity index (χ1n) is 18.8. The molecule has 0 unspecified atom stereocenters. The summed E-state index contributed by atoms with van der Waals surface area (Å²) in [5.41, 5.74) is 10.0. The van der Waals surface area contributed by atoms with Gasteiger partial charge in [0, 0.05) is 0 Å². The Morgan fingerprint density at radius 3 is 1.22 bits per heavy atom. The molecule has 0 aromatic heterocycles. The molecule has 0 heterocycles. The van der Waals surface area contributed by atoms with Crippen LogP contribution in [0.4, 0.5) is 0 Å². The monoisotopic (exact) mass is 682 g/mol. The van der Waals surface area contributed by atoms with E-state index in [1.54, 1.807) is 0 Å². The molecule has 0 aliphatic rings. The minimum absolute atomic E-state index is 1.23. The van der Waals surface area contributed by atoms with Crippen LogP contribution in [-0.2, 0) is 0 Å². The van der Waals surface area contributed by atoms with Crippen molar-refractivity contribution in [2.75, 3.05) is 0 Å². The molecule has 0 bridgehead atoms. The summed E-state index contributed by atoms with van der Waals surface area (Å²) in [7, 11) is 0. The summed E-state index contributed by atoms with van der Waals surface area (Å²) >= 11 is 0. The maximum atomic E-state index is 2.43. The number of benzene rings is 11. The summed E-state index contributed by atoms with van der Waals surface area (Å²) in [4.78, 5) is 0. The fraction of sp³-hybridized carbons (Fsp3) is 0. The molecule has 0 heteroatoms. The predicted octanol–water partition coefficient (Wildman–Crippen LogP) is 15.3. The maximum Gasteiger partial charge on any atom is -0.00261 e. The molecule has 0 nitrogen and oxygen atoms in total. The fourth-order valence-corrected chi connectivity index (χ4v) is 8.98. The summed E-state index contributed by atoms with van der Waals surface area (Å²) in [6, 6.07) is 76.1. The van der Waals surface area contributed by atoms with E-state index in [0.29, 0.717) is 0 Å². The third-order valence-corrected chi connectivity index (χ3v) is 11.4. The van der Waals surface area contributed by atoms with Crippen molar-refractivity contribution in [3.05, 3.63) is 206 Å². The van der Waals surface area contributed by atoms with Crippen LogP contribution >= 0.6 is 0 Å². The van der Waals surface area contributed by atoms with Crippen LogP contribution in [0.5, 0.6) is 0 Å². The van der Waals surface area contributed by atoms with Crippen molar-refractivity contribution in [2.45, 2.75) is 0 Å². The minimum atomic E-state index is 1.23. The van der Waals surface area contributed by atoms with Crippen LogP contribution in [0.1, 0.15) is 0 Å². The van der Waals surface area contributed by atoms with E-state index in [0.717, 1.165) is 0 Å². The SMILES string of the molecule is c1ccc2c(-c3ccc(-c4c5ccccc5c(-c5ccc6cc(-c7cccc8ccccc78)c7ccccc7c6c5)c5ccccc45)cc3)cccc2c1. The molecule has 0 N–H and O–H groups in total. The van der Waals surface area contributed by atoms with Crippen molar-refractivity contribution in [1.29, 1.82) is 0 Å². The van der Waals surface area contributed by atoms with E-state index < -0.39 is 0 Å². The van der Waals surface area contributed by atoms with Gasteiger partial charge in [-0.1, -0.05) is 194 Å². The lowest BCUT2D eigenvalue weighted by Crippen LogP contribution is -1.92. The highest BCUT2D eigenvalue weighted by Gasteiger charge is 2.18. The van der Waals surface area contributed by atoms with Gasteiger partial charge in [-0.2, -0.15) is 0 Å². The average molecular weight is 683 g/mol. The standard InChI is InChI=1S/C54H34/c1-3-17-41-35(13-1)15-11-25-42(41)37-27-29-38(30-28-37)53-47-21-7-9-23-49(47)54(50-24-10-8-22-48(50)53)40-32-31-39-33-52(46-20-6-5-19-45(46)51(39)34-40)44-26-12-16-36-14-2-4-18-43(36)44/h1-34H. The van der Waals surface area contributed by atoms with Crippen molar-refractivity contribution in [3.8, 4) is 44.5 Å². The molecule has 11 aromatic rings. The average Bonchev–Trinajstić information content (AvgIpc) is 3.25. The van der Waals surface area contributed by atoms with Gasteiger partial charge in [-0.25, -0.2) is 0 Å². The van der Waals surface area contributed by atoms with E-state index in [1.165, 1.54) is 109 Å². The minimum Gasteiger partial charge on any atom is -0.0616 e. The zero-order valence-corrected chi connectivity index (χ0v) is 29.6. The maximum absolute atomic E-state index is 2.43. The Labute approximate surface area is 314 Å². The fourth-order valence-electron chi connectivity index (χ4n) is 8.98. The number of fused-ring (bicyclic) bond motifs is 7. The zero-order chi connectivity index (χ0) is 35.6.